The maximum absolute atomic E-state index is 5.82. The van der Waals surface area contributed by atoms with E-state index in [0.29, 0.717) is 12.6 Å². The van der Waals surface area contributed by atoms with E-state index in [1.807, 2.05) is 18.2 Å². The molecule has 1 fully saturated rings. The third-order valence-electron chi connectivity index (χ3n) is 2.79. The monoisotopic (exact) mass is 221 g/mol. The van der Waals surface area contributed by atoms with Gasteiger partial charge in [0.05, 0.1) is 19.3 Å². The Hall–Kier alpha value is -1.06. The van der Waals surface area contributed by atoms with Crippen LogP contribution < -0.4 is 10.1 Å². The molecule has 0 aliphatic carbocycles. The quantitative estimate of drug-likeness (QED) is 0.838. The van der Waals surface area contributed by atoms with Crippen molar-refractivity contribution in [1.29, 1.82) is 0 Å². The topological polar surface area (TPSA) is 30.5 Å². The van der Waals surface area contributed by atoms with Crippen LogP contribution in [0.5, 0.6) is 5.75 Å². The minimum atomic E-state index is 0.318. The zero-order valence-corrected chi connectivity index (χ0v) is 9.74. The summed E-state index contributed by atoms with van der Waals surface area (Å²) in [7, 11) is 0. The molecule has 1 N–H and O–H groups in total. The number of nitrogens with one attached hydrogen (secondary N) is 1. The van der Waals surface area contributed by atoms with Gasteiger partial charge >= 0.3 is 0 Å². The summed E-state index contributed by atoms with van der Waals surface area (Å²) < 4.78 is 11.2. The van der Waals surface area contributed by atoms with Crippen LogP contribution in [0.4, 0.5) is 0 Å². The maximum Gasteiger partial charge on any atom is 0.122 e. The van der Waals surface area contributed by atoms with Crippen LogP contribution in [0.2, 0.25) is 0 Å². The number of ether oxygens (including phenoxy) is 2. The minimum absolute atomic E-state index is 0.318. The van der Waals surface area contributed by atoms with Gasteiger partial charge in [-0.2, -0.15) is 0 Å². The van der Waals surface area contributed by atoms with Crippen LogP contribution in [-0.4, -0.2) is 32.4 Å². The van der Waals surface area contributed by atoms with Crippen LogP contribution in [0.3, 0.4) is 0 Å². The Morgan fingerprint density at radius 2 is 2.31 bits per heavy atom. The molecule has 1 unspecified atom stereocenters. The fourth-order valence-corrected chi connectivity index (χ4v) is 1.85. The predicted molar refractivity (Wildman–Crippen MR) is 63.9 cm³/mol. The standard InChI is InChI=1S/C13H19NO2/c1-2-11-5-3-4-6-13(11)16-10-12-9-15-8-7-14-12/h3-6,12,14H,2,7-10H2,1H3. The van der Waals surface area contributed by atoms with Crippen LogP contribution in [0, 0.1) is 0 Å². The highest BCUT2D eigenvalue weighted by Crippen LogP contribution is 2.18. The van der Waals surface area contributed by atoms with E-state index >= 15 is 0 Å². The summed E-state index contributed by atoms with van der Waals surface area (Å²) >= 11 is 0. The number of aryl methyl sites for hydroxylation is 1. The highest BCUT2D eigenvalue weighted by Gasteiger charge is 2.13. The van der Waals surface area contributed by atoms with Crippen LogP contribution in [0.1, 0.15) is 12.5 Å². The lowest BCUT2D eigenvalue weighted by Gasteiger charge is -2.24. The number of hydrogen-bond donors (Lipinski definition) is 1. The van der Waals surface area contributed by atoms with Gasteiger partial charge in [0.1, 0.15) is 12.4 Å². The molecule has 1 aliphatic rings. The van der Waals surface area contributed by atoms with Gasteiger partial charge in [0, 0.05) is 6.54 Å². The largest absolute Gasteiger partial charge is 0.492 e. The van der Waals surface area contributed by atoms with Gasteiger partial charge in [-0.1, -0.05) is 25.1 Å². The fraction of sp³-hybridized carbons (Fsp3) is 0.538. The van der Waals surface area contributed by atoms with Crippen molar-refractivity contribution in [3.05, 3.63) is 29.8 Å². The molecule has 2 rings (SSSR count). The average molecular weight is 221 g/mol. The molecule has 0 bridgehead atoms. The molecule has 16 heavy (non-hydrogen) atoms. The number of para-hydroxylation sites is 1. The van der Waals surface area contributed by atoms with Gasteiger partial charge in [-0.25, -0.2) is 0 Å². The first-order valence-corrected chi connectivity index (χ1v) is 5.92. The SMILES string of the molecule is CCc1ccccc1OCC1COCCN1. The summed E-state index contributed by atoms with van der Waals surface area (Å²) in [6.45, 7) is 5.29. The van der Waals surface area contributed by atoms with E-state index in [1.54, 1.807) is 0 Å². The maximum atomic E-state index is 5.82. The number of rotatable bonds is 4. The Bertz CT molecular complexity index is 321. The van der Waals surface area contributed by atoms with Gasteiger partial charge in [0.25, 0.3) is 0 Å². The molecule has 1 aromatic carbocycles. The number of hydrogen-bond acceptors (Lipinski definition) is 3. The van der Waals surface area contributed by atoms with Crippen molar-refractivity contribution >= 4 is 0 Å². The minimum Gasteiger partial charge on any atom is -0.492 e. The summed E-state index contributed by atoms with van der Waals surface area (Å²) in [4.78, 5) is 0. The Kier molecular flexibility index (Phi) is 4.19. The Morgan fingerprint density at radius 3 is 3.06 bits per heavy atom. The summed E-state index contributed by atoms with van der Waals surface area (Å²) in [5.41, 5.74) is 1.26. The lowest BCUT2D eigenvalue weighted by molar-refractivity contribution is 0.0591. The van der Waals surface area contributed by atoms with E-state index < -0.39 is 0 Å². The molecular formula is C13H19NO2. The van der Waals surface area contributed by atoms with Gasteiger partial charge < -0.3 is 14.8 Å². The van der Waals surface area contributed by atoms with E-state index in [4.69, 9.17) is 9.47 Å². The highest BCUT2D eigenvalue weighted by molar-refractivity contribution is 5.33. The van der Waals surface area contributed by atoms with Crippen molar-refractivity contribution in [3.63, 3.8) is 0 Å². The van der Waals surface area contributed by atoms with Gasteiger partial charge in [0.2, 0.25) is 0 Å². The highest BCUT2D eigenvalue weighted by atomic mass is 16.5. The molecule has 0 saturated carbocycles. The fourth-order valence-electron chi connectivity index (χ4n) is 1.85. The average Bonchev–Trinajstić information content (AvgIpc) is 2.38. The van der Waals surface area contributed by atoms with Crippen molar-refractivity contribution in [1.82, 2.24) is 5.32 Å². The molecule has 1 aromatic rings. The second kappa shape index (κ2) is 5.87. The van der Waals surface area contributed by atoms with Crippen LogP contribution in [-0.2, 0) is 11.2 Å². The van der Waals surface area contributed by atoms with E-state index in [1.165, 1.54) is 5.56 Å². The van der Waals surface area contributed by atoms with Crippen molar-refractivity contribution in [3.8, 4) is 5.75 Å². The first-order valence-electron chi connectivity index (χ1n) is 5.92. The third kappa shape index (κ3) is 2.97. The predicted octanol–water partition coefficient (Wildman–Crippen LogP) is 1.62. The Morgan fingerprint density at radius 1 is 1.44 bits per heavy atom. The number of benzene rings is 1. The molecule has 1 aliphatic heterocycles. The summed E-state index contributed by atoms with van der Waals surface area (Å²) in [6, 6.07) is 8.52. The summed E-state index contributed by atoms with van der Waals surface area (Å²) in [6.07, 6.45) is 1.00. The first kappa shape index (κ1) is 11.4. The summed E-state index contributed by atoms with van der Waals surface area (Å²) in [5, 5.41) is 3.38. The second-order valence-electron chi connectivity index (χ2n) is 4.00. The van der Waals surface area contributed by atoms with Gasteiger partial charge in [-0.15, -0.1) is 0 Å². The van der Waals surface area contributed by atoms with E-state index in [0.717, 1.165) is 31.9 Å². The third-order valence-corrected chi connectivity index (χ3v) is 2.79. The van der Waals surface area contributed by atoms with Crippen molar-refractivity contribution < 1.29 is 9.47 Å². The van der Waals surface area contributed by atoms with Crippen LogP contribution in [0.25, 0.3) is 0 Å². The van der Waals surface area contributed by atoms with Crippen LogP contribution >= 0.6 is 0 Å². The van der Waals surface area contributed by atoms with Crippen molar-refractivity contribution in [2.75, 3.05) is 26.4 Å². The normalized spacial score (nSPS) is 20.7. The van der Waals surface area contributed by atoms with Gasteiger partial charge in [0.15, 0.2) is 0 Å². The van der Waals surface area contributed by atoms with Gasteiger partial charge in [-0.3, -0.25) is 0 Å². The van der Waals surface area contributed by atoms with E-state index in [9.17, 15) is 0 Å². The Balaban J connectivity index is 1.88. The lowest BCUT2D eigenvalue weighted by atomic mass is 10.1. The molecule has 0 radical (unpaired) electrons. The second-order valence-corrected chi connectivity index (χ2v) is 4.00. The molecule has 0 amide bonds. The van der Waals surface area contributed by atoms with E-state index in [-0.39, 0.29) is 0 Å². The molecule has 3 heteroatoms. The summed E-state index contributed by atoms with van der Waals surface area (Å²) in [5.74, 6) is 0.998. The first-order chi connectivity index (χ1) is 7.90. The van der Waals surface area contributed by atoms with Crippen LogP contribution in [0.15, 0.2) is 24.3 Å². The molecule has 1 saturated heterocycles. The molecule has 0 spiro atoms. The van der Waals surface area contributed by atoms with E-state index in [2.05, 4.69) is 18.3 Å². The van der Waals surface area contributed by atoms with Gasteiger partial charge in [-0.05, 0) is 18.1 Å². The molecule has 0 aromatic heterocycles. The molecule has 88 valence electrons. The Labute approximate surface area is 96.8 Å². The molecule has 1 heterocycles. The lowest BCUT2D eigenvalue weighted by Crippen LogP contribution is -2.44. The number of morpholine rings is 1. The zero-order chi connectivity index (χ0) is 11.2. The molecular weight excluding hydrogens is 202 g/mol. The van der Waals surface area contributed by atoms with Crippen molar-refractivity contribution in [2.45, 2.75) is 19.4 Å². The zero-order valence-electron chi connectivity index (χ0n) is 9.74. The molecule has 1 atom stereocenters. The smallest absolute Gasteiger partial charge is 0.122 e. The molecule has 3 nitrogen and oxygen atoms in total. The van der Waals surface area contributed by atoms with Crippen molar-refractivity contribution in [2.24, 2.45) is 0 Å².